The molecule has 1 N–H and O–H groups in total. The summed E-state index contributed by atoms with van der Waals surface area (Å²) >= 11 is 0. The van der Waals surface area contributed by atoms with Crippen LogP contribution in [0.1, 0.15) is 81.6 Å². The van der Waals surface area contributed by atoms with Gasteiger partial charge in [-0.2, -0.15) is 0 Å². The maximum absolute atomic E-state index is 6.42. The summed E-state index contributed by atoms with van der Waals surface area (Å²) in [6, 6.07) is 6.86. The third-order valence-corrected chi connectivity index (χ3v) is 6.63. The second kappa shape index (κ2) is 10.2. The fourth-order valence-corrected chi connectivity index (χ4v) is 4.71. The molecule has 2 unspecified atom stereocenters. The van der Waals surface area contributed by atoms with E-state index < -0.39 is 0 Å². The zero-order chi connectivity index (χ0) is 20.0. The van der Waals surface area contributed by atoms with Gasteiger partial charge in [-0.1, -0.05) is 57.7 Å². The summed E-state index contributed by atoms with van der Waals surface area (Å²) in [6.07, 6.45) is 9.01. The van der Waals surface area contributed by atoms with E-state index in [1.54, 1.807) is 0 Å². The molecular weight excluding hydrogens is 346 g/mol. The van der Waals surface area contributed by atoms with Crippen LogP contribution in [0.3, 0.4) is 0 Å². The first-order chi connectivity index (χ1) is 13.6. The van der Waals surface area contributed by atoms with Crippen molar-refractivity contribution in [2.45, 2.75) is 84.4 Å². The number of ether oxygens (including phenoxy) is 1. The van der Waals surface area contributed by atoms with Gasteiger partial charge in [0.05, 0.1) is 6.61 Å². The second-order valence-electron chi connectivity index (χ2n) is 8.69. The normalized spacial score (nSPS) is 25.4. The Labute approximate surface area is 172 Å². The van der Waals surface area contributed by atoms with Gasteiger partial charge in [0.15, 0.2) is 0 Å². The van der Waals surface area contributed by atoms with E-state index in [9.17, 15) is 0 Å². The van der Waals surface area contributed by atoms with E-state index in [4.69, 9.17) is 4.74 Å². The molecule has 1 spiro atoms. The molecular formula is C24H41N3O. The molecule has 158 valence electrons. The van der Waals surface area contributed by atoms with Gasteiger partial charge in [-0.25, -0.2) is 10.0 Å². The first-order valence-electron chi connectivity index (χ1n) is 11.6. The molecule has 2 atom stereocenters. The lowest BCUT2D eigenvalue weighted by molar-refractivity contribution is -0.257. The van der Waals surface area contributed by atoms with Crippen molar-refractivity contribution in [2.75, 3.05) is 32.8 Å². The highest BCUT2D eigenvalue weighted by atomic mass is 16.5. The lowest BCUT2D eigenvalue weighted by Crippen LogP contribution is -2.77. The van der Waals surface area contributed by atoms with Crippen molar-refractivity contribution < 1.29 is 4.74 Å². The molecule has 0 bridgehead atoms. The smallest absolute Gasteiger partial charge is 0.117 e. The highest BCUT2D eigenvalue weighted by Gasteiger charge is 2.55. The zero-order valence-corrected chi connectivity index (χ0v) is 18.6. The van der Waals surface area contributed by atoms with Crippen LogP contribution in [0, 0.1) is 13.8 Å². The van der Waals surface area contributed by atoms with E-state index in [0.29, 0.717) is 0 Å². The number of hydrogen-bond acceptors (Lipinski definition) is 4. The maximum atomic E-state index is 6.42. The Morgan fingerprint density at radius 2 is 1.79 bits per heavy atom. The van der Waals surface area contributed by atoms with Crippen molar-refractivity contribution in [3.63, 3.8) is 0 Å². The van der Waals surface area contributed by atoms with Gasteiger partial charge in [-0.3, -0.25) is 5.32 Å². The average Bonchev–Trinajstić information content (AvgIpc) is 2.69. The first kappa shape index (κ1) is 21.8. The van der Waals surface area contributed by atoms with Gasteiger partial charge >= 0.3 is 0 Å². The lowest BCUT2D eigenvalue weighted by atomic mass is 9.84. The van der Waals surface area contributed by atoms with Crippen molar-refractivity contribution in [1.29, 1.82) is 0 Å². The molecule has 2 heterocycles. The van der Waals surface area contributed by atoms with Crippen LogP contribution >= 0.6 is 0 Å². The van der Waals surface area contributed by atoms with Crippen LogP contribution in [-0.4, -0.2) is 48.5 Å². The van der Waals surface area contributed by atoms with Gasteiger partial charge in [0.25, 0.3) is 0 Å². The molecule has 2 aliphatic heterocycles. The number of aryl methyl sites for hydroxylation is 2. The third kappa shape index (κ3) is 4.62. The van der Waals surface area contributed by atoms with Crippen LogP contribution in [0.5, 0.6) is 0 Å². The van der Waals surface area contributed by atoms with Gasteiger partial charge in [0, 0.05) is 26.2 Å². The lowest BCUT2D eigenvalue weighted by Gasteiger charge is -2.61. The molecule has 1 aromatic carbocycles. The monoisotopic (exact) mass is 387 g/mol. The molecule has 0 amide bonds. The fourth-order valence-electron chi connectivity index (χ4n) is 4.71. The van der Waals surface area contributed by atoms with E-state index in [2.05, 4.69) is 61.2 Å². The number of hydrazine groups is 1. The number of unbranched alkanes of at least 4 members (excludes halogenated alkanes) is 4. The topological polar surface area (TPSA) is 27.7 Å². The van der Waals surface area contributed by atoms with E-state index in [1.807, 2.05) is 0 Å². The Morgan fingerprint density at radius 1 is 1.07 bits per heavy atom. The highest BCUT2D eigenvalue weighted by molar-refractivity contribution is 5.33. The van der Waals surface area contributed by atoms with Crippen molar-refractivity contribution in [3.8, 4) is 0 Å². The minimum absolute atomic E-state index is 0.0711. The van der Waals surface area contributed by atoms with Crippen molar-refractivity contribution >= 4 is 0 Å². The summed E-state index contributed by atoms with van der Waals surface area (Å²) in [7, 11) is 0. The molecule has 0 radical (unpaired) electrons. The Morgan fingerprint density at radius 3 is 2.36 bits per heavy atom. The number of nitrogens with one attached hydrogen (secondary N) is 1. The van der Waals surface area contributed by atoms with Gasteiger partial charge in [0.2, 0.25) is 0 Å². The molecule has 0 aromatic heterocycles. The van der Waals surface area contributed by atoms with E-state index in [0.717, 1.165) is 26.1 Å². The molecule has 28 heavy (non-hydrogen) atoms. The Hall–Kier alpha value is -0.940. The van der Waals surface area contributed by atoms with Gasteiger partial charge in [-0.15, -0.1) is 0 Å². The minimum Gasteiger partial charge on any atom is -0.369 e. The first-order valence-corrected chi connectivity index (χ1v) is 11.6. The number of nitrogens with zero attached hydrogens (tertiary/aromatic N) is 2. The quantitative estimate of drug-likeness (QED) is 0.574. The summed E-state index contributed by atoms with van der Waals surface area (Å²) in [5.74, 6) is 0. The SMILES string of the molecule is CCCCCN(CCCCC)N1CCC12NCCOC2c1ccc(C)c(C)c1. The zero-order valence-electron chi connectivity index (χ0n) is 18.6. The summed E-state index contributed by atoms with van der Waals surface area (Å²) in [4.78, 5) is 0. The van der Waals surface area contributed by atoms with Crippen LogP contribution in [0.2, 0.25) is 0 Å². The van der Waals surface area contributed by atoms with Crippen LogP contribution in [0.4, 0.5) is 0 Å². The number of hydrogen-bond donors (Lipinski definition) is 1. The van der Waals surface area contributed by atoms with Crippen LogP contribution in [0.15, 0.2) is 18.2 Å². The summed E-state index contributed by atoms with van der Waals surface area (Å²) < 4.78 is 6.42. The van der Waals surface area contributed by atoms with Crippen LogP contribution in [0.25, 0.3) is 0 Å². The molecule has 2 fully saturated rings. The standard InChI is InChI=1S/C24H41N3O/c1-5-7-9-15-26(16-10-8-6-2)27-17-13-24(27)23(28-18-14-25-24)22-12-11-20(3)21(4)19-22/h11-12,19,23,25H,5-10,13-18H2,1-4H3. The predicted octanol–water partition coefficient (Wildman–Crippen LogP) is 4.96. The van der Waals surface area contributed by atoms with Crippen molar-refractivity contribution in [2.24, 2.45) is 0 Å². The van der Waals surface area contributed by atoms with E-state index in [1.165, 1.54) is 68.3 Å². The minimum atomic E-state index is -0.0711. The number of rotatable bonds is 10. The van der Waals surface area contributed by atoms with E-state index in [-0.39, 0.29) is 11.8 Å². The molecule has 0 saturated carbocycles. The van der Waals surface area contributed by atoms with E-state index >= 15 is 0 Å². The van der Waals surface area contributed by atoms with Crippen molar-refractivity contribution in [3.05, 3.63) is 34.9 Å². The molecule has 2 aliphatic rings. The Bertz CT molecular complexity index is 610. The van der Waals surface area contributed by atoms with Gasteiger partial charge in [0.1, 0.15) is 11.8 Å². The number of morpholine rings is 1. The van der Waals surface area contributed by atoms with Gasteiger partial charge in [-0.05, 0) is 49.8 Å². The predicted molar refractivity (Wildman–Crippen MR) is 117 cm³/mol. The molecule has 4 nitrogen and oxygen atoms in total. The fraction of sp³-hybridized carbons (Fsp3) is 0.750. The summed E-state index contributed by atoms with van der Waals surface area (Å²) in [5.41, 5.74) is 3.96. The number of benzene rings is 1. The molecule has 2 saturated heterocycles. The largest absolute Gasteiger partial charge is 0.369 e. The molecule has 4 heteroatoms. The second-order valence-corrected chi connectivity index (χ2v) is 8.69. The highest BCUT2D eigenvalue weighted by Crippen LogP contribution is 2.44. The van der Waals surface area contributed by atoms with Crippen LogP contribution in [-0.2, 0) is 4.74 Å². The molecule has 1 aromatic rings. The molecule has 0 aliphatic carbocycles. The van der Waals surface area contributed by atoms with Gasteiger partial charge < -0.3 is 4.74 Å². The van der Waals surface area contributed by atoms with Crippen LogP contribution < -0.4 is 5.32 Å². The Kier molecular flexibility index (Phi) is 7.93. The third-order valence-electron chi connectivity index (χ3n) is 6.63. The van der Waals surface area contributed by atoms with Crippen molar-refractivity contribution in [1.82, 2.24) is 15.3 Å². The average molecular weight is 388 g/mol. The summed E-state index contributed by atoms with van der Waals surface area (Å²) in [6.45, 7) is 14.2. The summed E-state index contributed by atoms with van der Waals surface area (Å²) in [5, 5.41) is 9.15. The molecule has 3 rings (SSSR count). The maximum Gasteiger partial charge on any atom is 0.117 e. The Balaban J connectivity index is 1.80.